The number of alkyl halides is 1. The summed E-state index contributed by atoms with van der Waals surface area (Å²) in [6.45, 7) is 4.43. The largest absolute Gasteiger partial charge is 0.309 e. The number of hydrogen-bond donors (Lipinski definition) is 0. The highest BCUT2D eigenvalue weighted by Gasteiger charge is 2.35. The minimum absolute atomic E-state index is 0.253. The summed E-state index contributed by atoms with van der Waals surface area (Å²) < 4.78 is 0. The van der Waals surface area contributed by atoms with Gasteiger partial charge in [0.25, 0.3) is 0 Å². The molecule has 0 spiro atoms. The molecule has 1 aromatic rings. The first kappa shape index (κ1) is 18.0. The molecule has 0 aromatic heterocycles. The number of anilines is 1. The van der Waals surface area contributed by atoms with E-state index in [1.54, 1.807) is 0 Å². The SMILES string of the molecule is CCCC(Br)Cc1ccc2c(c1)CC(C)N2C(=O)C1CCCCC1. The fraction of sp³-hybridized carbons (Fsp3) is 0.667. The maximum Gasteiger partial charge on any atom is 0.230 e. The van der Waals surface area contributed by atoms with Crippen LogP contribution >= 0.6 is 15.9 Å². The fourth-order valence-electron chi connectivity index (χ4n) is 4.36. The van der Waals surface area contributed by atoms with Crippen LogP contribution in [0.1, 0.15) is 69.9 Å². The lowest BCUT2D eigenvalue weighted by Crippen LogP contribution is -2.40. The molecule has 2 aliphatic rings. The molecular formula is C21H30BrNO. The van der Waals surface area contributed by atoms with Crippen molar-refractivity contribution in [3.8, 4) is 0 Å². The van der Waals surface area contributed by atoms with E-state index in [0.29, 0.717) is 16.8 Å². The van der Waals surface area contributed by atoms with Gasteiger partial charge in [-0.3, -0.25) is 4.79 Å². The highest BCUT2D eigenvalue weighted by Crippen LogP contribution is 2.36. The lowest BCUT2D eigenvalue weighted by atomic mass is 9.88. The van der Waals surface area contributed by atoms with Crippen LogP contribution < -0.4 is 4.90 Å². The van der Waals surface area contributed by atoms with E-state index in [-0.39, 0.29) is 5.92 Å². The Balaban J connectivity index is 1.75. The summed E-state index contributed by atoms with van der Waals surface area (Å²) in [5.74, 6) is 0.626. The van der Waals surface area contributed by atoms with Gasteiger partial charge in [0.2, 0.25) is 5.91 Å². The molecule has 0 bridgehead atoms. The fourth-order valence-corrected chi connectivity index (χ4v) is 5.20. The van der Waals surface area contributed by atoms with Crippen LogP contribution in [0.25, 0.3) is 0 Å². The van der Waals surface area contributed by atoms with Crippen molar-refractivity contribution >= 4 is 27.5 Å². The lowest BCUT2D eigenvalue weighted by molar-refractivity contribution is -0.123. The second-order valence-electron chi connectivity index (χ2n) is 7.65. The standard InChI is InChI=1S/C21H30BrNO/c1-3-7-19(22)14-16-10-11-20-18(13-16)12-15(2)23(20)21(24)17-8-5-4-6-9-17/h10-11,13,15,17,19H,3-9,12,14H2,1-2H3. The van der Waals surface area contributed by atoms with Gasteiger partial charge in [-0.25, -0.2) is 0 Å². The molecule has 2 unspecified atom stereocenters. The van der Waals surface area contributed by atoms with Gasteiger partial charge in [0.15, 0.2) is 0 Å². The first-order chi connectivity index (χ1) is 11.6. The number of fused-ring (bicyclic) bond motifs is 1. The summed E-state index contributed by atoms with van der Waals surface area (Å²) in [7, 11) is 0. The van der Waals surface area contributed by atoms with Crippen molar-refractivity contribution in [2.24, 2.45) is 5.92 Å². The zero-order valence-corrected chi connectivity index (χ0v) is 16.6. The average Bonchev–Trinajstić information content (AvgIpc) is 2.90. The molecule has 3 rings (SSSR count). The van der Waals surface area contributed by atoms with E-state index < -0.39 is 0 Å². The predicted molar refractivity (Wildman–Crippen MR) is 105 cm³/mol. The number of benzene rings is 1. The first-order valence-corrected chi connectivity index (χ1v) is 10.6. The van der Waals surface area contributed by atoms with Crippen LogP contribution in [0.4, 0.5) is 5.69 Å². The Morgan fingerprint density at radius 2 is 2.04 bits per heavy atom. The monoisotopic (exact) mass is 391 g/mol. The number of amides is 1. The molecule has 1 heterocycles. The number of carbonyl (C=O) groups is 1. The number of rotatable bonds is 5. The normalized spacial score (nSPS) is 22.5. The molecule has 1 saturated carbocycles. The highest BCUT2D eigenvalue weighted by molar-refractivity contribution is 9.09. The third-order valence-electron chi connectivity index (χ3n) is 5.61. The van der Waals surface area contributed by atoms with Crippen LogP contribution in [0.3, 0.4) is 0 Å². The average molecular weight is 392 g/mol. The van der Waals surface area contributed by atoms with Crippen LogP contribution in [0.15, 0.2) is 18.2 Å². The van der Waals surface area contributed by atoms with Crippen molar-refractivity contribution in [2.45, 2.75) is 82.5 Å². The summed E-state index contributed by atoms with van der Waals surface area (Å²) in [4.78, 5) is 15.7. The van der Waals surface area contributed by atoms with Crippen molar-refractivity contribution in [1.29, 1.82) is 0 Å². The van der Waals surface area contributed by atoms with Gasteiger partial charge in [0.05, 0.1) is 0 Å². The summed E-state index contributed by atoms with van der Waals surface area (Å²) in [5.41, 5.74) is 3.92. The van der Waals surface area contributed by atoms with Gasteiger partial charge in [0, 0.05) is 22.5 Å². The molecule has 2 atom stereocenters. The van der Waals surface area contributed by atoms with Crippen LogP contribution in [0, 0.1) is 5.92 Å². The minimum Gasteiger partial charge on any atom is -0.309 e. The summed E-state index contributed by atoms with van der Waals surface area (Å²) >= 11 is 3.79. The third-order valence-corrected chi connectivity index (χ3v) is 6.39. The van der Waals surface area contributed by atoms with Gasteiger partial charge in [-0.05, 0) is 56.2 Å². The smallest absolute Gasteiger partial charge is 0.230 e. The zero-order valence-electron chi connectivity index (χ0n) is 15.1. The number of hydrogen-bond acceptors (Lipinski definition) is 1. The van der Waals surface area contributed by atoms with Crippen molar-refractivity contribution in [3.05, 3.63) is 29.3 Å². The predicted octanol–water partition coefficient (Wildman–Crippen LogP) is 5.65. The molecule has 132 valence electrons. The second kappa shape index (κ2) is 8.03. The van der Waals surface area contributed by atoms with Crippen LogP contribution in [-0.2, 0) is 17.6 Å². The van der Waals surface area contributed by atoms with E-state index in [1.807, 2.05) is 0 Å². The van der Waals surface area contributed by atoms with E-state index in [9.17, 15) is 4.79 Å². The summed E-state index contributed by atoms with van der Waals surface area (Å²) in [6.07, 6.45) is 10.4. The molecule has 1 fully saturated rings. The number of nitrogens with zero attached hydrogens (tertiary/aromatic N) is 1. The molecule has 1 amide bonds. The van der Waals surface area contributed by atoms with Gasteiger partial charge in [-0.2, -0.15) is 0 Å². The Hall–Kier alpha value is -0.830. The molecule has 2 nitrogen and oxygen atoms in total. The third kappa shape index (κ3) is 3.87. The van der Waals surface area contributed by atoms with Crippen molar-refractivity contribution in [2.75, 3.05) is 4.90 Å². The topological polar surface area (TPSA) is 20.3 Å². The van der Waals surface area contributed by atoms with Crippen molar-refractivity contribution in [1.82, 2.24) is 0 Å². The molecule has 0 N–H and O–H groups in total. The van der Waals surface area contributed by atoms with E-state index in [1.165, 1.54) is 48.9 Å². The van der Waals surface area contributed by atoms with Crippen LogP contribution in [0.2, 0.25) is 0 Å². The molecule has 3 heteroatoms. The lowest BCUT2D eigenvalue weighted by Gasteiger charge is -2.29. The second-order valence-corrected chi connectivity index (χ2v) is 8.94. The molecule has 0 saturated heterocycles. The maximum absolute atomic E-state index is 13.0. The van der Waals surface area contributed by atoms with E-state index in [4.69, 9.17) is 0 Å². The van der Waals surface area contributed by atoms with Crippen molar-refractivity contribution in [3.63, 3.8) is 0 Å². The molecule has 24 heavy (non-hydrogen) atoms. The Bertz CT molecular complexity index is 579. The van der Waals surface area contributed by atoms with E-state index in [2.05, 4.69) is 52.9 Å². The number of carbonyl (C=O) groups excluding carboxylic acids is 1. The van der Waals surface area contributed by atoms with Gasteiger partial charge in [-0.15, -0.1) is 0 Å². The van der Waals surface area contributed by atoms with E-state index in [0.717, 1.165) is 25.7 Å². The minimum atomic E-state index is 0.253. The summed E-state index contributed by atoms with van der Waals surface area (Å²) in [6, 6.07) is 7.06. The van der Waals surface area contributed by atoms with Crippen molar-refractivity contribution < 1.29 is 4.79 Å². The number of halogens is 1. The molecule has 1 aliphatic carbocycles. The van der Waals surface area contributed by atoms with Gasteiger partial charge >= 0.3 is 0 Å². The first-order valence-electron chi connectivity index (χ1n) is 9.69. The van der Waals surface area contributed by atoms with Crippen LogP contribution in [-0.4, -0.2) is 16.8 Å². The maximum atomic E-state index is 13.0. The Kier molecular flexibility index (Phi) is 6.02. The Morgan fingerprint density at radius 1 is 1.29 bits per heavy atom. The Morgan fingerprint density at radius 3 is 2.75 bits per heavy atom. The molecule has 0 radical (unpaired) electrons. The van der Waals surface area contributed by atoms with Gasteiger partial charge in [0.1, 0.15) is 0 Å². The summed E-state index contributed by atoms with van der Waals surface area (Å²) in [5, 5.41) is 0. The zero-order chi connectivity index (χ0) is 17.1. The highest BCUT2D eigenvalue weighted by atomic mass is 79.9. The van der Waals surface area contributed by atoms with Crippen LogP contribution in [0.5, 0.6) is 0 Å². The molecule has 1 aliphatic heterocycles. The van der Waals surface area contributed by atoms with E-state index >= 15 is 0 Å². The molecular weight excluding hydrogens is 362 g/mol. The quantitative estimate of drug-likeness (QED) is 0.593. The Labute approximate surface area is 155 Å². The van der Waals surface area contributed by atoms with Gasteiger partial charge < -0.3 is 4.90 Å². The van der Waals surface area contributed by atoms with Gasteiger partial charge in [-0.1, -0.05) is 60.7 Å². The molecule has 1 aromatic carbocycles.